The maximum atomic E-state index is 11.4. The summed E-state index contributed by atoms with van der Waals surface area (Å²) in [6.45, 7) is 5.09. The van der Waals surface area contributed by atoms with Gasteiger partial charge in [-0.2, -0.15) is 5.26 Å². The van der Waals surface area contributed by atoms with Crippen LogP contribution < -0.4 is 5.32 Å². The van der Waals surface area contributed by atoms with Gasteiger partial charge in [-0.15, -0.1) is 0 Å². The fraction of sp³-hybridized carbons (Fsp3) is 0.524. The number of hydrogen-bond acceptors (Lipinski definition) is 4. The Balaban J connectivity index is 1.42. The molecule has 0 aliphatic heterocycles. The van der Waals surface area contributed by atoms with E-state index in [1.54, 1.807) is 0 Å². The van der Waals surface area contributed by atoms with Crippen LogP contribution in [0.2, 0.25) is 0 Å². The minimum atomic E-state index is -0.321. The van der Waals surface area contributed by atoms with Crippen LogP contribution >= 0.6 is 0 Å². The maximum absolute atomic E-state index is 11.4. The van der Waals surface area contributed by atoms with E-state index >= 15 is 0 Å². The van der Waals surface area contributed by atoms with E-state index in [2.05, 4.69) is 34.5 Å². The van der Waals surface area contributed by atoms with Gasteiger partial charge in [0.25, 0.3) is 0 Å². The summed E-state index contributed by atoms with van der Waals surface area (Å²) >= 11 is 0. The number of ether oxygens (including phenoxy) is 1. The van der Waals surface area contributed by atoms with Crippen molar-refractivity contribution in [3.05, 3.63) is 35.5 Å². The van der Waals surface area contributed by atoms with E-state index in [0.29, 0.717) is 30.6 Å². The van der Waals surface area contributed by atoms with Crippen LogP contribution in [0.1, 0.15) is 43.2 Å². The van der Waals surface area contributed by atoms with E-state index in [4.69, 9.17) is 10.00 Å². The summed E-state index contributed by atoms with van der Waals surface area (Å²) in [5.41, 5.74) is 3.15. The molecule has 1 saturated carbocycles. The molecular formula is C21H28N4O2. The predicted octanol–water partition coefficient (Wildman–Crippen LogP) is 3.60. The molecule has 2 atom stereocenters. The van der Waals surface area contributed by atoms with Crippen LogP contribution in [0.3, 0.4) is 0 Å². The van der Waals surface area contributed by atoms with E-state index in [1.807, 2.05) is 25.1 Å². The Kier molecular flexibility index (Phi) is 6.36. The van der Waals surface area contributed by atoms with Crippen molar-refractivity contribution in [1.29, 1.82) is 5.26 Å². The summed E-state index contributed by atoms with van der Waals surface area (Å²) in [6.07, 6.45) is 4.72. The van der Waals surface area contributed by atoms with Crippen LogP contribution in [0.25, 0.3) is 10.9 Å². The van der Waals surface area contributed by atoms with Gasteiger partial charge in [0.15, 0.2) is 0 Å². The van der Waals surface area contributed by atoms with E-state index in [0.717, 1.165) is 31.4 Å². The number of carbonyl (C=O) groups is 1. The Hall–Kier alpha value is -2.52. The summed E-state index contributed by atoms with van der Waals surface area (Å²) in [4.78, 5) is 17.1. The van der Waals surface area contributed by atoms with Crippen LogP contribution in [0.4, 0.5) is 4.79 Å². The first-order valence-corrected chi connectivity index (χ1v) is 9.72. The SMILES string of the molecule is CCCOC(=O)NCCCN(C)CC1CC1c1c[nH]c2ccc(C#N)cc12. The average molecular weight is 368 g/mol. The highest BCUT2D eigenvalue weighted by Crippen LogP contribution is 2.49. The Morgan fingerprint density at radius 1 is 1.48 bits per heavy atom. The summed E-state index contributed by atoms with van der Waals surface area (Å²) in [5.74, 6) is 1.22. The number of H-pyrrole nitrogens is 1. The third-order valence-electron chi connectivity index (χ3n) is 5.13. The number of nitrogens with one attached hydrogen (secondary N) is 2. The monoisotopic (exact) mass is 368 g/mol. The zero-order valence-electron chi connectivity index (χ0n) is 16.1. The number of alkyl carbamates (subject to hydrolysis) is 1. The first kappa shape index (κ1) is 19.2. The number of carbonyl (C=O) groups excluding carboxylic acids is 1. The lowest BCUT2D eigenvalue weighted by Crippen LogP contribution is -2.29. The topological polar surface area (TPSA) is 81.2 Å². The highest BCUT2D eigenvalue weighted by molar-refractivity contribution is 5.85. The Morgan fingerprint density at radius 2 is 2.33 bits per heavy atom. The molecule has 1 aromatic carbocycles. The Bertz CT molecular complexity index is 823. The van der Waals surface area contributed by atoms with Gasteiger partial charge in [0, 0.05) is 30.2 Å². The molecule has 0 radical (unpaired) electrons. The average Bonchev–Trinajstić information content (AvgIpc) is 3.29. The normalized spacial score (nSPS) is 18.4. The molecule has 0 spiro atoms. The van der Waals surface area contributed by atoms with Gasteiger partial charge in [-0.05, 0) is 68.5 Å². The third kappa shape index (κ3) is 5.01. The van der Waals surface area contributed by atoms with Gasteiger partial charge < -0.3 is 19.9 Å². The summed E-state index contributed by atoms with van der Waals surface area (Å²) in [6, 6.07) is 8.05. The highest BCUT2D eigenvalue weighted by Gasteiger charge is 2.40. The van der Waals surface area contributed by atoms with E-state index in [-0.39, 0.29) is 6.09 Å². The number of rotatable bonds is 9. The quantitative estimate of drug-likeness (QED) is 0.663. The van der Waals surface area contributed by atoms with Crippen LogP contribution in [0.5, 0.6) is 0 Å². The van der Waals surface area contributed by atoms with E-state index in [1.165, 1.54) is 17.4 Å². The maximum Gasteiger partial charge on any atom is 0.407 e. The molecule has 0 bridgehead atoms. The van der Waals surface area contributed by atoms with Crippen molar-refractivity contribution in [2.75, 3.05) is 33.3 Å². The van der Waals surface area contributed by atoms with Crippen molar-refractivity contribution in [2.24, 2.45) is 5.92 Å². The molecule has 0 saturated heterocycles. The second-order valence-electron chi connectivity index (χ2n) is 7.40. The molecule has 1 amide bonds. The molecule has 27 heavy (non-hydrogen) atoms. The number of aromatic nitrogens is 1. The lowest BCUT2D eigenvalue weighted by Gasteiger charge is -2.16. The second kappa shape index (κ2) is 8.92. The molecule has 2 N–H and O–H groups in total. The van der Waals surface area contributed by atoms with Gasteiger partial charge in [-0.1, -0.05) is 6.92 Å². The number of benzene rings is 1. The standard InChI is InChI=1S/C21H28N4O2/c1-3-9-27-21(26)23-7-4-8-25(2)14-16-11-17(16)19-13-24-20-6-5-15(12-22)10-18(19)20/h5-6,10,13,16-17,24H,3-4,7-9,11,14H2,1-2H3,(H,23,26). The first-order chi connectivity index (χ1) is 13.1. The number of nitriles is 1. The number of fused-ring (bicyclic) bond motifs is 1. The predicted molar refractivity (Wildman–Crippen MR) is 106 cm³/mol. The molecule has 1 heterocycles. The van der Waals surface area contributed by atoms with Gasteiger partial charge in [-0.25, -0.2) is 4.79 Å². The zero-order valence-corrected chi connectivity index (χ0v) is 16.1. The zero-order chi connectivity index (χ0) is 19.2. The lowest BCUT2D eigenvalue weighted by atomic mass is 10.1. The Morgan fingerprint density at radius 3 is 3.11 bits per heavy atom. The molecule has 2 unspecified atom stereocenters. The van der Waals surface area contributed by atoms with Crippen LogP contribution in [0, 0.1) is 17.2 Å². The summed E-state index contributed by atoms with van der Waals surface area (Å²) < 4.78 is 4.99. The van der Waals surface area contributed by atoms with Gasteiger partial charge in [0.05, 0.1) is 18.2 Å². The van der Waals surface area contributed by atoms with Crippen molar-refractivity contribution in [2.45, 2.75) is 32.1 Å². The summed E-state index contributed by atoms with van der Waals surface area (Å²) in [7, 11) is 2.13. The van der Waals surface area contributed by atoms with Gasteiger partial charge >= 0.3 is 6.09 Å². The molecular weight excluding hydrogens is 340 g/mol. The van der Waals surface area contributed by atoms with Crippen molar-refractivity contribution < 1.29 is 9.53 Å². The van der Waals surface area contributed by atoms with E-state index < -0.39 is 0 Å². The molecule has 1 aliphatic carbocycles. The fourth-order valence-corrected chi connectivity index (χ4v) is 3.63. The molecule has 2 aromatic rings. The van der Waals surface area contributed by atoms with Crippen LogP contribution in [0.15, 0.2) is 24.4 Å². The number of nitrogens with zero attached hydrogens (tertiary/aromatic N) is 2. The minimum absolute atomic E-state index is 0.321. The molecule has 3 rings (SSSR count). The largest absolute Gasteiger partial charge is 0.450 e. The molecule has 144 valence electrons. The molecule has 1 aromatic heterocycles. The van der Waals surface area contributed by atoms with Gasteiger partial charge in [0.2, 0.25) is 0 Å². The third-order valence-corrected chi connectivity index (χ3v) is 5.13. The van der Waals surface area contributed by atoms with Crippen molar-refractivity contribution in [3.63, 3.8) is 0 Å². The lowest BCUT2D eigenvalue weighted by molar-refractivity contribution is 0.146. The number of amides is 1. The van der Waals surface area contributed by atoms with Crippen molar-refractivity contribution in [3.8, 4) is 6.07 Å². The smallest absolute Gasteiger partial charge is 0.407 e. The second-order valence-corrected chi connectivity index (χ2v) is 7.40. The van der Waals surface area contributed by atoms with E-state index in [9.17, 15) is 4.79 Å². The van der Waals surface area contributed by atoms with Crippen molar-refractivity contribution >= 4 is 17.0 Å². The van der Waals surface area contributed by atoms with Crippen molar-refractivity contribution in [1.82, 2.24) is 15.2 Å². The minimum Gasteiger partial charge on any atom is -0.450 e. The van der Waals surface area contributed by atoms with Crippen LogP contribution in [-0.4, -0.2) is 49.3 Å². The highest BCUT2D eigenvalue weighted by atomic mass is 16.5. The number of hydrogen-bond donors (Lipinski definition) is 2. The van der Waals surface area contributed by atoms with Gasteiger partial charge in [0.1, 0.15) is 0 Å². The first-order valence-electron chi connectivity index (χ1n) is 9.72. The van der Waals surface area contributed by atoms with Gasteiger partial charge in [-0.3, -0.25) is 0 Å². The van der Waals surface area contributed by atoms with Crippen LogP contribution in [-0.2, 0) is 4.74 Å². The number of aromatic amines is 1. The fourth-order valence-electron chi connectivity index (χ4n) is 3.63. The molecule has 6 nitrogen and oxygen atoms in total. The molecule has 1 fully saturated rings. The molecule has 1 aliphatic rings. The summed E-state index contributed by atoms with van der Waals surface area (Å²) in [5, 5.41) is 13.1. The Labute approximate surface area is 160 Å². The molecule has 6 heteroatoms.